The van der Waals surface area contributed by atoms with Gasteiger partial charge in [0.1, 0.15) is 11.5 Å². The van der Waals surface area contributed by atoms with Gasteiger partial charge in [-0.2, -0.15) is 0 Å². The summed E-state index contributed by atoms with van der Waals surface area (Å²) in [4.78, 5) is 0. The van der Waals surface area contributed by atoms with E-state index >= 15 is 0 Å². The van der Waals surface area contributed by atoms with Crippen molar-refractivity contribution in [2.45, 2.75) is 26.3 Å². The van der Waals surface area contributed by atoms with Crippen LogP contribution in [-0.2, 0) is 0 Å². The molecular weight excluding hydrogens is 178 g/mol. The van der Waals surface area contributed by atoms with Gasteiger partial charge in [-0.15, -0.1) is 0 Å². The number of phenolic OH excluding ortho intramolecular Hbond substituents is 2. The summed E-state index contributed by atoms with van der Waals surface area (Å²) in [6.07, 6.45) is 0.818. The molecule has 0 fully saturated rings. The number of hydrogen-bond acceptors (Lipinski definition) is 3. The molecule has 0 aliphatic rings. The molecule has 0 radical (unpaired) electrons. The van der Waals surface area contributed by atoms with Gasteiger partial charge < -0.3 is 15.9 Å². The first kappa shape index (κ1) is 10.9. The second-order valence-corrected chi connectivity index (χ2v) is 3.98. The van der Waals surface area contributed by atoms with Crippen LogP contribution < -0.4 is 5.73 Å². The highest BCUT2D eigenvalue weighted by atomic mass is 16.3. The van der Waals surface area contributed by atoms with Crippen LogP contribution in [0.1, 0.15) is 31.9 Å². The number of nitrogens with two attached hydrogens (primary N) is 1. The number of rotatable bonds is 3. The van der Waals surface area contributed by atoms with Crippen molar-refractivity contribution in [1.29, 1.82) is 0 Å². The molecule has 3 heteroatoms. The zero-order valence-electron chi connectivity index (χ0n) is 8.57. The summed E-state index contributed by atoms with van der Waals surface area (Å²) in [6, 6.07) is 4.35. The molecule has 0 aliphatic carbocycles. The molecule has 1 unspecified atom stereocenters. The van der Waals surface area contributed by atoms with Crippen molar-refractivity contribution in [2.24, 2.45) is 11.7 Å². The highest BCUT2D eigenvalue weighted by molar-refractivity contribution is 5.40. The molecule has 1 atom stereocenters. The topological polar surface area (TPSA) is 66.5 Å². The van der Waals surface area contributed by atoms with E-state index in [-0.39, 0.29) is 17.5 Å². The van der Waals surface area contributed by atoms with E-state index in [1.165, 1.54) is 12.1 Å². The first-order chi connectivity index (χ1) is 6.50. The minimum absolute atomic E-state index is 0.0583. The molecule has 4 N–H and O–H groups in total. The molecule has 78 valence electrons. The monoisotopic (exact) mass is 195 g/mol. The predicted molar refractivity (Wildman–Crippen MR) is 56.2 cm³/mol. The first-order valence-corrected chi connectivity index (χ1v) is 4.78. The third kappa shape index (κ3) is 2.64. The van der Waals surface area contributed by atoms with Crippen LogP contribution in [0.3, 0.4) is 0 Å². The Labute approximate surface area is 84.2 Å². The van der Waals surface area contributed by atoms with Gasteiger partial charge in [0.2, 0.25) is 0 Å². The van der Waals surface area contributed by atoms with Crippen molar-refractivity contribution in [2.75, 3.05) is 0 Å². The SMILES string of the molecule is CC(C)CC(N)c1ccc(O)cc1O. The quantitative estimate of drug-likeness (QED) is 0.692. The van der Waals surface area contributed by atoms with Crippen LogP contribution in [0.5, 0.6) is 11.5 Å². The Balaban J connectivity index is 2.84. The maximum Gasteiger partial charge on any atom is 0.124 e. The van der Waals surface area contributed by atoms with Gasteiger partial charge in [0.15, 0.2) is 0 Å². The Morgan fingerprint density at radius 1 is 1.29 bits per heavy atom. The molecule has 0 bridgehead atoms. The summed E-state index contributed by atoms with van der Waals surface area (Å²) in [5, 5.41) is 18.6. The number of hydrogen-bond donors (Lipinski definition) is 3. The Bertz CT molecular complexity index is 310. The van der Waals surface area contributed by atoms with Gasteiger partial charge >= 0.3 is 0 Å². The average molecular weight is 195 g/mol. The average Bonchev–Trinajstić information content (AvgIpc) is 2.01. The van der Waals surface area contributed by atoms with Gasteiger partial charge in [0.05, 0.1) is 0 Å². The molecular formula is C11H17NO2. The molecule has 0 aromatic heterocycles. The Hall–Kier alpha value is -1.22. The second kappa shape index (κ2) is 4.33. The summed E-state index contributed by atoms with van der Waals surface area (Å²) in [7, 11) is 0. The molecule has 0 amide bonds. The molecule has 0 saturated carbocycles. The summed E-state index contributed by atoms with van der Waals surface area (Å²) < 4.78 is 0. The van der Waals surface area contributed by atoms with Crippen LogP contribution in [0.15, 0.2) is 18.2 Å². The van der Waals surface area contributed by atoms with E-state index in [1.54, 1.807) is 6.07 Å². The Morgan fingerprint density at radius 2 is 1.93 bits per heavy atom. The van der Waals surface area contributed by atoms with Crippen LogP contribution >= 0.6 is 0 Å². The summed E-state index contributed by atoms with van der Waals surface area (Å²) in [6.45, 7) is 4.16. The third-order valence-corrected chi connectivity index (χ3v) is 2.14. The third-order valence-electron chi connectivity index (χ3n) is 2.14. The molecule has 14 heavy (non-hydrogen) atoms. The number of aromatic hydroxyl groups is 2. The first-order valence-electron chi connectivity index (χ1n) is 4.78. The van der Waals surface area contributed by atoms with E-state index in [9.17, 15) is 5.11 Å². The molecule has 0 aliphatic heterocycles. The molecule has 1 aromatic carbocycles. The lowest BCUT2D eigenvalue weighted by Gasteiger charge is -2.15. The van der Waals surface area contributed by atoms with Crippen LogP contribution in [0, 0.1) is 5.92 Å². The Kier molecular flexibility index (Phi) is 3.36. The van der Waals surface area contributed by atoms with E-state index in [1.807, 2.05) is 0 Å². The van der Waals surface area contributed by atoms with Crippen molar-refractivity contribution in [3.8, 4) is 11.5 Å². The summed E-state index contributed by atoms with van der Waals surface area (Å²) in [5.41, 5.74) is 6.60. The van der Waals surface area contributed by atoms with E-state index in [0.29, 0.717) is 11.5 Å². The van der Waals surface area contributed by atoms with Gasteiger partial charge in [-0.1, -0.05) is 19.9 Å². The van der Waals surface area contributed by atoms with Crippen molar-refractivity contribution in [3.63, 3.8) is 0 Å². The summed E-state index contributed by atoms with van der Waals surface area (Å²) >= 11 is 0. The van der Waals surface area contributed by atoms with Gasteiger partial charge in [-0.25, -0.2) is 0 Å². The lowest BCUT2D eigenvalue weighted by molar-refractivity contribution is 0.432. The normalized spacial score (nSPS) is 13.1. The lowest BCUT2D eigenvalue weighted by atomic mass is 9.97. The smallest absolute Gasteiger partial charge is 0.124 e. The number of phenols is 2. The van der Waals surface area contributed by atoms with Crippen LogP contribution in [0.25, 0.3) is 0 Å². The second-order valence-electron chi connectivity index (χ2n) is 3.98. The van der Waals surface area contributed by atoms with Gasteiger partial charge in [-0.3, -0.25) is 0 Å². The lowest BCUT2D eigenvalue weighted by Crippen LogP contribution is -2.12. The summed E-state index contributed by atoms with van der Waals surface area (Å²) in [5.74, 6) is 0.611. The van der Waals surface area contributed by atoms with Crippen LogP contribution in [0.2, 0.25) is 0 Å². The molecule has 1 aromatic rings. The van der Waals surface area contributed by atoms with Crippen LogP contribution in [0.4, 0.5) is 0 Å². The van der Waals surface area contributed by atoms with Crippen molar-refractivity contribution in [1.82, 2.24) is 0 Å². The van der Waals surface area contributed by atoms with Gasteiger partial charge in [0.25, 0.3) is 0 Å². The molecule has 0 spiro atoms. The highest BCUT2D eigenvalue weighted by Gasteiger charge is 2.12. The van der Waals surface area contributed by atoms with Crippen LogP contribution in [-0.4, -0.2) is 10.2 Å². The van der Waals surface area contributed by atoms with E-state index in [4.69, 9.17) is 10.8 Å². The minimum Gasteiger partial charge on any atom is -0.508 e. The molecule has 0 heterocycles. The fourth-order valence-electron chi connectivity index (χ4n) is 1.48. The molecule has 0 saturated heterocycles. The zero-order chi connectivity index (χ0) is 10.7. The highest BCUT2D eigenvalue weighted by Crippen LogP contribution is 2.29. The predicted octanol–water partition coefficient (Wildman–Crippen LogP) is 2.14. The maximum atomic E-state index is 9.53. The molecule has 3 nitrogen and oxygen atoms in total. The maximum absolute atomic E-state index is 9.53. The standard InChI is InChI=1S/C11H17NO2/c1-7(2)5-10(12)9-4-3-8(13)6-11(9)14/h3-4,6-7,10,13-14H,5,12H2,1-2H3. The van der Waals surface area contributed by atoms with E-state index in [2.05, 4.69) is 13.8 Å². The minimum atomic E-state index is -0.171. The van der Waals surface area contributed by atoms with Crippen molar-refractivity contribution in [3.05, 3.63) is 23.8 Å². The zero-order valence-corrected chi connectivity index (χ0v) is 8.57. The van der Waals surface area contributed by atoms with Crippen molar-refractivity contribution < 1.29 is 10.2 Å². The van der Waals surface area contributed by atoms with Gasteiger partial charge in [0, 0.05) is 17.7 Å². The fraction of sp³-hybridized carbons (Fsp3) is 0.455. The molecule has 1 rings (SSSR count). The van der Waals surface area contributed by atoms with E-state index in [0.717, 1.165) is 6.42 Å². The van der Waals surface area contributed by atoms with Gasteiger partial charge in [-0.05, 0) is 18.4 Å². The Morgan fingerprint density at radius 3 is 2.43 bits per heavy atom. The van der Waals surface area contributed by atoms with E-state index < -0.39 is 0 Å². The fourth-order valence-corrected chi connectivity index (χ4v) is 1.48. The van der Waals surface area contributed by atoms with Crippen molar-refractivity contribution >= 4 is 0 Å². The largest absolute Gasteiger partial charge is 0.508 e. The number of benzene rings is 1.